The van der Waals surface area contributed by atoms with Gasteiger partial charge in [0.2, 0.25) is 0 Å². The van der Waals surface area contributed by atoms with Gasteiger partial charge in [0.15, 0.2) is 5.16 Å². The number of benzene rings is 2. The molecular formula is C16H16N2S. The van der Waals surface area contributed by atoms with E-state index in [0.717, 1.165) is 10.7 Å². The van der Waals surface area contributed by atoms with Gasteiger partial charge in [0.05, 0.1) is 16.7 Å². The van der Waals surface area contributed by atoms with Crippen LogP contribution in [0.5, 0.6) is 0 Å². The van der Waals surface area contributed by atoms with Gasteiger partial charge >= 0.3 is 0 Å². The van der Waals surface area contributed by atoms with E-state index in [4.69, 9.17) is 4.98 Å². The molecule has 0 N–H and O–H groups in total. The summed E-state index contributed by atoms with van der Waals surface area (Å²) in [6.07, 6.45) is 2.07. The largest absolute Gasteiger partial charge is 0.287 e. The Morgan fingerprint density at radius 3 is 2.58 bits per heavy atom. The minimum atomic E-state index is 1.04. The van der Waals surface area contributed by atoms with Crippen molar-refractivity contribution in [3.63, 3.8) is 0 Å². The second kappa shape index (κ2) is 4.74. The number of para-hydroxylation sites is 2. The number of fused-ring (bicyclic) bond motifs is 1. The number of nitrogens with zero attached hydrogens (tertiary/aromatic N) is 2. The Bertz CT molecular complexity index is 744. The third-order valence-corrected chi connectivity index (χ3v) is 4.17. The second-order valence-corrected chi connectivity index (χ2v) is 5.42. The molecule has 0 fully saturated rings. The topological polar surface area (TPSA) is 17.8 Å². The van der Waals surface area contributed by atoms with E-state index < -0.39 is 0 Å². The van der Waals surface area contributed by atoms with Crippen molar-refractivity contribution in [2.75, 3.05) is 6.26 Å². The van der Waals surface area contributed by atoms with Gasteiger partial charge in [-0.1, -0.05) is 36.0 Å². The molecule has 0 aliphatic rings. The number of aromatic nitrogens is 2. The Hall–Kier alpha value is -1.74. The van der Waals surface area contributed by atoms with Gasteiger partial charge in [0.1, 0.15) is 0 Å². The van der Waals surface area contributed by atoms with Crippen LogP contribution in [0.4, 0.5) is 0 Å². The number of hydrogen-bond donors (Lipinski definition) is 0. The van der Waals surface area contributed by atoms with Crippen LogP contribution in [0, 0.1) is 13.8 Å². The molecule has 3 aromatic rings. The van der Waals surface area contributed by atoms with Crippen molar-refractivity contribution in [1.29, 1.82) is 0 Å². The smallest absolute Gasteiger partial charge is 0.173 e. The molecule has 1 aromatic heterocycles. The molecule has 0 spiro atoms. The van der Waals surface area contributed by atoms with Crippen LogP contribution in [0.3, 0.4) is 0 Å². The summed E-state index contributed by atoms with van der Waals surface area (Å²) in [5.74, 6) is 0. The molecule has 0 saturated carbocycles. The third-order valence-electron chi connectivity index (χ3n) is 3.53. The van der Waals surface area contributed by atoms with E-state index in [1.54, 1.807) is 11.8 Å². The van der Waals surface area contributed by atoms with Crippen molar-refractivity contribution in [3.05, 3.63) is 53.6 Å². The van der Waals surface area contributed by atoms with E-state index >= 15 is 0 Å². The molecule has 0 amide bonds. The Kier molecular flexibility index (Phi) is 3.07. The molecule has 0 saturated heterocycles. The van der Waals surface area contributed by atoms with Crippen LogP contribution in [0.1, 0.15) is 11.1 Å². The molecular weight excluding hydrogens is 252 g/mol. The van der Waals surface area contributed by atoms with Gasteiger partial charge in [-0.05, 0) is 49.4 Å². The number of aryl methyl sites for hydroxylation is 1. The highest BCUT2D eigenvalue weighted by atomic mass is 32.2. The molecule has 3 rings (SSSR count). The quantitative estimate of drug-likeness (QED) is 0.642. The highest BCUT2D eigenvalue weighted by Gasteiger charge is 2.13. The molecule has 0 bridgehead atoms. The molecule has 0 unspecified atom stereocenters. The minimum absolute atomic E-state index is 1.04. The number of thioether (sulfide) groups is 1. The molecule has 19 heavy (non-hydrogen) atoms. The fourth-order valence-corrected chi connectivity index (χ4v) is 2.92. The Labute approximate surface area is 117 Å². The van der Waals surface area contributed by atoms with Crippen LogP contribution >= 0.6 is 11.8 Å². The highest BCUT2D eigenvalue weighted by molar-refractivity contribution is 7.98. The summed E-state index contributed by atoms with van der Waals surface area (Å²) < 4.78 is 2.25. The molecule has 0 atom stereocenters. The highest BCUT2D eigenvalue weighted by Crippen LogP contribution is 2.29. The second-order valence-electron chi connectivity index (χ2n) is 4.64. The van der Waals surface area contributed by atoms with Crippen molar-refractivity contribution in [2.24, 2.45) is 0 Å². The lowest BCUT2D eigenvalue weighted by molar-refractivity contribution is 0.912. The van der Waals surface area contributed by atoms with E-state index in [2.05, 4.69) is 61.1 Å². The maximum absolute atomic E-state index is 4.70. The third kappa shape index (κ3) is 1.94. The average Bonchev–Trinajstić information content (AvgIpc) is 2.80. The van der Waals surface area contributed by atoms with Crippen LogP contribution in [0.25, 0.3) is 16.7 Å². The predicted octanol–water partition coefficient (Wildman–Crippen LogP) is 4.36. The van der Waals surface area contributed by atoms with Gasteiger partial charge in [-0.15, -0.1) is 0 Å². The van der Waals surface area contributed by atoms with Crippen molar-refractivity contribution >= 4 is 22.8 Å². The zero-order chi connectivity index (χ0) is 13.4. The van der Waals surface area contributed by atoms with Gasteiger partial charge < -0.3 is 0 Å². The zero-order valence-electron chi connectivity index (χ0n) is 11.3. The Balaban J connectivity index is 2.38. The normalized spacial score (nSPS) is 11.1. The molecule has 2 nitrogen and oxygen atoms in total. The van der Waals surface area contributed by atoms with Crippen molar-refractivity contribution in [3.8, 4) is 5.69 Å². The van der Waals surface area contributed by atoms with Gasteiger partial charge in [-0.25, -0.2) is 4.98 Å². The Morgan fingerprint density at radius 1 is 1.00 bits per heavy atom. The first-order valence-electron chi connectivity index (χ1n) is 6.30. The first-order valence-corrected chi connectivity index (χ1v) is 7.53. The van der Waals surface area contributed by atoms with E-state index in [1.807, 2.05) is 6.07 Å². The fourth-order valence-electron chi connectivity index (χ4n) is 2.35. The van der Waals surface area contributed by atoms with Gasteiger partial charge in [-0.2, -0.15) is 0 Å². The summed E-state index contributed by atoms with van der Waals surface area (Å²) in [6.45, 7) is 4.32. The first kappa shape index (κ1) is 12.3. The van der Waals surface area contributed by atoms with Crippen molar-refractivity contribution < 1.29 is 0 Å². The zero-order valence-corrected chi connectivity index (χ0v) is 12.2. The van der Waals surface area contributed by atoms with Gasteiger partial charge in [-0.3, -0.25) is 4.57 Å². The SMILES string of the molecule is CSc1nc2ccccc2n1-c1cccc(C)c1C. The maximum atomic E-state index is 4.70. The van der Waals surface area contributed by atoms with Gasteiger partial charge in [0.25, 0.3) is 0 Å². The predicted molar refractivity (Wildman–Crippen MR) is 82.3 cm³/mol. The summed E-state index contributed by atoms with van der Waals surface area (Å²) in [6, 6.07) is 14.7. The molecule has 1 heterocycles. The molecule has 96 valence electrons. The summed E-state index contributed by atoms with van der Waals surface area (Å²) in [7, 11) is 0. The standard InChI is InChI=1S/C16H16N2S/c1-11-7-6-10-14(12(11)2)18-15-9-5-4-8-13(15)17-16(18)19-3/h4-10H,1-3H3. The van der Waals surface area contributed by atoms with E-state index in [-0.39, 0.29) is 0 Å². The average molecular weight is 268 g/mol. The van der Waals surface area contributed by atoms with Crippen LogP contribution in [0.2, 0.25) is 0 Å². The molecule has 0 radical (unpaired) electrons. The van der Waals surface area contributed by atoms with Crippen molar-refractivity contribution in [2.45, 2.75) is 19.0 Å². The fraction of sp³-hybridized carbons (Fsp3) is 0.188. The van der Waals surface area contributed by atoms with Crippen molar-refractivity contribution in [1.82, 2.24) is 9.55 Å². The molecule has 0 aliphatic carbocycles. The summed E-state index contributed by atoms with van der Waals surface area (Å²) >= 11 is 1.68. The summed E-state index contributed by atoms with van der Waals surface area (Å²) in [5.41, 5.74) is 6.05. The number of hydrogen-bond acceptors (Lipinski definition) is 2. The maximum Gasteiger partial charge on any atom is 0.173 e. The first-order chi connectivity index (χ1) is 9.22. The molecule has 3 heteroatoms. The molecule has 0 aliphatic heterocycles. The van der Waals surface area contributed by atoms with Crippen LogP contribution in [-0.4, -0.2) is 15.8 Å². The van der Waals surface area contributed by atoms with Gasteiger partial charge in [0, 0.05) is 0 Å². The lowest BCUT2D eigenvalue weighted by Crippen LogP contribution is -2.00. The minimum Gasteiger partial charge on any atom is -0.287 e. The van der Waals surface area contributed by atoms with E-state index in [0.29, 0.717) is 0 Å². The van der Waals surface area contributed by atoms with Crippen LogP contribution in [-0.2, 0) is 0 Å². The summed E-state index contributed by atoms with van der Waals surface area (Å²) in [5, 5.41) is 1.04. The molecule has 2 aromatic carbocycles. The number of imidazole rings is 1. The summed E-state index contributed by atoms with van der Waals surface area (Å²) in [4.78, 5) is 4.70. The lowest BCUT2D eigenvalue weighted by atomic mass is 10.1. The lowest BCUT2D eigenvalue weighted by Gasteiger charge is -2.12. The monoisotopic (exact) mass is 268 g/mol. The van der Waals surface area contributed by atoms with E-state index in [1.165, 1.54) is 22.3 Å². The van der Waals surface area contributed by atoms with Crippen LogP contribution < -0.4 is 0 Å². The van der Waals surface area contributed by atoms with E-state index in [9.17, 15) is 0 Å². The number of rotatable bonds is 2. The van der Waals surface area contributed by atoms with Crippen LogP contribution in [0.15, 0.2) is 47.6 Å². The Morgan fingerprint density at radius 2 is 1.79 bits per heavy atom.